The molecule has 0 N–H and O–H groups in total. The first kappa shape index (κ1) is 64.8. The van der Waals surface area contributed by atoms with Crippen LogP contribution in [0.2, 0.25) is 0 Å². The van der Waals surface area contributed by atoms with Gasteiger partial charge in [-0.1, -0.05) is 278 Å². The molecule has 0 saturated heterocycles. The van der Waals surface area contributed by atoms with Gasteiger partial charge in [-0.15, -0.1) is 22.7 Å². The third-order valence-corrected chi connectivity index (χ3v) is 21.5. The van der Waals surface area contributed by atoms with Crippen LogP contribution >= 0.6 is 22.7 Å². The quantitative estimate of drug-likeness (QED) is 0.0415. The van der Waals surface area contributed by atoms with Gasteiger partial charge in [0.05, 0.1) is 32.3 Å². The number of nitrogens with zero attached hydrogens (tertiary/aromatic N) is 2. The van der Waals surface area contributed by atoms with Crippen molar-refractivity contribution >= 4 is 45.9 Å². The molecule has 0 fully saturated rings. The Balaban J connectivity index is 1.34. The number of amides is 2. The van der Waals surface area contributed by atoms with Gasteiger partial charge in [0.25, 0.3) is 11.8 Å². The average molecular weight is 1140 g/mol. The largest absolute Gasteiger partial charge is 0.306 e. The van der Waals surface area contributed by atoms with Crippen LogP contribution in [0.4, 0.5) is 0 Å². The van der Waals surface area contributed by atoms with E-state index in [0.29, 0.717) is 47.9 Å². The van der Waals surface area contributed by atoms with E-state index in [1.54, 1.807) is 16.9 Å². The van der Waals surface area contributed by atoms with Gasteiger partial charge in [-0.05, 0) is 120 Å². The van der Waals surface area contributed by atoms with E-state index < -0.39 is 0 Å². The summed E-state index contributed by atoms with van der Waals surface area (Å²) in [6, 6.07) is 25.8. The second kappa shape index (κ2) is 34.3. The summed E-state index contributed by atoms with van der Waals surface area (Å²) in [6.45, 7) is 20.1. The van der Waals surface area contributed by atoms with Crippen molar-refractivity contribution in [2.24, 2.45) is 23.7 Å². The Morgan fingerprint density at radius 2 is 0.840 bits per heavy atom. The van der Waals surface area contributed by atoms with E-state index in [4.69, 9.17) is 0 Å². The third-order valence-electron chi connectivity index (χ3n) is 19.4. The molecule has 4 aromatic rings. The molecule has 1 aliphatic carbocycles. The number of hydrogen-bond acceptors (Lipinski definition) is 4. The van der Waals surface area contributed by atoms with Crippen LogP contribution in [0.25, 0.3) is 33.0 Å². The number of carbonyl (C=O) groups is 2. The van der Waals surface area contributed by atoms with Gasteiger partial charge in [-0.2, -0.15) is 0 Å². The average Bonchev–Trinajstić information content (AvgIpc) is 4.53. The molecule has 2 amide bonds. The summed E-state index contributed by atoms with van der Waals surface area (Å²) in [7, 11) is 0. The minimum Gasteiger partial charge on any atom is -0.306 e. The van der Waals surface area contributed by atoms with Crippen molar-refractivity contribution in [1.29, 1.82) is 0 Å². The van der Waals surface area contributed by atoms with E-state index in [0.717, 1.165) is 46.8 Å². The highest BCUT2D eigenvalue weighted by atomic mass is 32.1. The molecule has 6 heteroatoms. The molecule has 0 bridgehead atoms. The SMILES string of the molecule is CCCCCCCCC(CCCCCC)CN1C(=O)C2=C(c3ccc(-c4ccc5c(c4)C(CC(CC)CCCC)(CC(CC)CCCC)c4ccccc4-5)s3)N(CC(CCCCCC)CCCCCCCC)C(=O)C2=C1c1cccs1. The Labute approximate surface area is 503 Å². The van der Waals surface area contributed by atoms with Crippen molar-refractivity contribution in [3.63, 3.8) is 0 Å². The summed E-state index contributed by atoms with van der Waals surface area (Å²) in [4.78, 5) is 39.5. The molecule has 0 radical (unpaired) electrons. The van der Waals surface area contributed by atoms with Crippen LogP contribution in [0.15, 0.2) is 83.3 Å². The zero-order chi connectivity index (χ0) is 57.4. The van der Waals surface area contributed by atoms with Crippen molar-refractivity contribution in [3.05, 3.63) is 104 Å². The van der Waals surface area contributed by atoms with Crippen LogP contribution in [-0.2, 0) is 15.0 Å². The van der Waals surface area contributed by atoms with E-state index in [-0.39, 0.29) is 17.2 Å². The molecule has 4 heterocycles. The molecule has 2 aromatic heterocycles. The molecule has 81 heavy (non-hydrogen) atoms. The number of hydrogen-bond donors (Lipinski definition) is 0. The minimum absolute atomic E-state index is 0.0488. The van der Waals surface area contributed by atoms with Gasteiger partial charge in [0.15, 0.2) is 0 Å². The second-order valence-corrected chi connectivity index (χ2v) is 27.6. The summed E-state index contributed by atoms with van der Waals surface area (Å²) in [5.74, 6) is 2.21. The maximum absolute atomic E-state index is 16.0. The van der Waals surface area contributed by atoms with Crippen LogP contribution in [0.1, 0.15) is 295 Å². The Bertz CT molecular complexity index is 2540. The van der Waals surface area contributed by atoms with Crippen LogP contribution < -0.4 is 0 Å². The Hall–Kier alpha value is -3.74. The van der Waals surface area contributed by atoms with Gasteiger partial charge in [-0.25, -0.2) is 0 Å². The summed E-state index contributed by atoms with van der Waals surface area (Å²) >= 11 is 3.50. The van der Waals surface area contributed by atoms with E-state index >= 15 is 9.59 Å². The second-order valence-electron chi connectivity index (χ2n) is 25.6. The van der Waals surface area contributed by atoms with E-state index in [1.165, 1.54) is 220 Å². The first-order valence-electron chi connectivity index (χ1n) is 34.2. The van der Waals surface area contributed by atoms with Crippen LogP contribution in [0.3, 0.4) is 0 Å². The van der Waals surface area contributed by atoms with Crippen LogP contribution in [-0.4, -0.2) is 34.7 Å². The molecule has 7 rings (SSSR count). The fourth-order valence-corrected chi connectivity index (χ4v) is 16.5. The van der Waals surface area contributed by atoms with Gasteiger partial charge in [0.2, 0.25) is 0 Å². The maximum atomic E-state index is 16.0. The van der Waals surface area contributed by atoms with E-state index in [1.807, 2.05) is 11.3 Å². The molecular weight excluding hydrogens is 1020 g/mol. The predicted octanol–water partition coefficient (Wildman–Crippen LogP) is 23.4. The molecule has 4 unspecified atom stereocenters. The lowest BCUT2D eigenvalue weighted by atomic mass is 9.65. The third kappa shape index (κ3) is 16.8. The first-order valence-corrected chi connectivity index (χ1v) is 35.9. The standard InChI is InChI=1S/C75H112N2O2S2/c1-9-17-23-27-29-33-42-59(40-31-25-19-11-3)55-76-71(67-46-37-51-80-67)69-70(74(76)79)72(77(73(69)78)56-60(41-32-26-20-12-4)43-34-30-28-24-18-10-2)68-50-49-66(81-68)61-47-48-63-62-44-35-36-45-64(62)75(65(63)52-61,53-57(15-7)38-21-13-5)54-58(16-8)39-22-14-6/h35-37,44-52,57-60H,9-34,38-43,53-56H2,1-8H3. The van der Waals surface area contributed by atoms with Crippen LogP contribution in [0, 0.1) is 23.7 Å². The van der Waals surface area contributed by atoms with Crippen molar-refractivity contribution < 1.29 is 9.59 Å². The zero-order valence-corrected chi connectivity index (χ0v) is 54.4. The summed E-state index contributed by atoms with van der Waals surface area (Å²) in [5.41, 5.74) is 10.2. The molecular formula is C75H112N2O2S2. The lowest BCUT2D eigenvalue weighted by Crippen LogP contribution is -2.34. The zero-order valence-electron chi connectivity index (χ0n) is 52.7. The number of carbonyl (C=O) groups excluding carboxylic acids is 2. The molecule has 2 aromatic carbocycles. The number of unbranched alkanes of at least 4 members (excludes halogenated alkanes) is 18. The molecule has 446 valence electrons. The van der Waals surface area contributed by atoms with Crippen LogP contribution in [0.5, 0.6) is 0 Å². The predicted molar refractivity (Wildman–Crippen MR) is 354 cm³/mol. The van der Waals surface area contributed by atoms with Gasteiger partial charge in [0, 0.05) is 23.4 Å². The smallest absolute Gasteiger partial charge is 0.261 e. The van der Waals surface area contributed by atoms with Gasteiger partial charge < -0.3 is 9.80 Å². The Morgan fingerprint density at radius 3 is 1.32 bits per heavy atom. The van der Waals surface area contributed by atoms with Gasteiger partial charge in [0.1, 0.15) is 0 Å². The molecule has 3 aliphatic rings. The highest BCUT2D eigenvalue weighted by molar-refractivity contribution is 7.16. The number of fused-ring (bicyclic) bond motifs is 4. The first-order chi connectivity index (χ1) is 39.7. The molecule has 4 nitrogen and oxygen atoms in total. The Morgan fingerprint density at radius 1 is 0.407 bits per heavy atom. The molecule has 0 saturated carbocycles. The highest BCUT2D eigenvalue weighted by Crippen LogP contribution is 2.58. The number of thiophene rings is 2. The summed E-state index contributed by atoms with van der Waals surface area (Å²) in [5, 5.41) is 2.13. The number of rotatable bonds is 43. The number of benzene rings is 2. The highest BCUT2D eigenvalue weighted by Gasteiger charge is 2.50. The summed E-state index contributed by atoms with van der Waals surface area (Å²) in [6.07, 6.45) is 42.1. The van der Waals surface area contributed by atoms with E-state index in [2.05, 4.69) is 137 Å². The van der Waals surface area contributed by atoms with Crippen molar-refractivity contribution in [2.45, 2.75) is 279 Å². The maximum Gasteiger partial charge on any atom is 0.261 e. The van der Waals surface area contributed by atoms with E-state index in [9.17, 15) is 0 Å². The normalized spacial score (nSPS) is 17.4. The van der Waals surface area contributed by atoms with Crippen molar-refractivity contribution in [1.82, 2.24) is 9.80 Å². The summed E-state index contributed by atoms with van der Waals surface area (Å²) < 4.78 is 0. The Kier molecular flexibility index (Phi) is 27.4. The fraction of sp³-hybridized carbons (Fsp3) is 0.653. The molecule has 0 spiro atoms. The van der Waals surface area contributed by atoms with Gasteiger partial charge in [-0.3, -0.25) is 9.59 Å². The molecule has 4 atom stereocenters. The monoisotopic (exact) mass is 1140 g/mol. The lowest BCUT2D eigenvalue weighted by molar-refractivity contribution is -0.124. The van der Waals surface area contributed by atoms with Crippen molar-refractivity contribution in [2.75, 3.05) is 13.1 Å². The lowest BCUT2D eigenvalue weighted by Gasteiger charge is -2.38. The fourth-order valence-electron chi connectivity index (χ4n) is 14.6. The topological polar surface area (TPSA) is 40.6 Å². The minimum atomic E-state index is -0.0488. The van der Waals surface area contributed by atoms with Gasteiger partial charge >= 0.3 is 0 Å². The van der Waals surface area contributed by atoms with Crippen molar-refractivity contribution in [3.8, 4) is 21.6 Å². The molecule has 2 aliphatic heterocycles.